The van der Waals surface area contributed by atoms with Crippen molar-refractivity contribution in [3.05, 3.63) is 28.2 Å². The van der Waals surface area contributed by atoms with Gasteiger partial charge in [-0.05, 0) is 38.5 Å². The second-order valence-electron chi connectivity index (χ2n) is 5.14. The zero-order valence-corrected chi connectivity index (χ0v) is 18.9. The molecular formula is C17H28BrIN4O2. The second kappa shape index (κ2) is 14.3. The summed E-state index contributed by atoms with van der Waals surface area (Å²) in [5, 5.41) is 9.23. The lowest BCUT2D eigenvalue weighted by atomic mass is 10.2. The summed E-state index contributed by atoms with van der Waals surface area (Å²) in [6.07, 6.45) is 0.363. The Bertz CT molecular complexity index is 555. The maximum Gasteiger partial charge on any atom is 0.226 e. The molecule has 0 unspecified atom stereocenters. The predicted octanol–water partition coefficient (Wildman–Crippen LogP) is 3.30. The van der Waals surface area contributed by atoms with Crippen molar-refractivity contribution >= 4 is 57.5 Å². The van der Waals surface area contributed by atoms with Crippen LogP contribution in [0, 0.1) is 6.92 Å². The fourth-order valence-corrected chi connectivity index (χ4v) is 2.31. The molecule has 25 heavy (non-hydrogen) atoms. The van der Waals surface area contributed by atoms with Crippen molar-refractivity contribution < 1.29 is 9.53 Å². The van der Waals surface area contributed by atoms with E-state index < -0.39 is 0 Å². The van der Waals surface area contributed by atoms with Crippen LogP contribution in [0.3, 0.4) is 0 Å². The molecule has 0 radical (unpaired) electrons. The lowest BCUT2D eigenvalue weighted by Crippen LogP contribution is -2.39. The molecule has 0 aliphatic carbocycles. The van der Waals surface area contributed by atoms with E-state index in [2.05, 4.69) is 36.9 Å². The lowest BCUT2D eigenvalue weighted by Gasteiger charge is -2.12. The molecule has 0 saturated carbocycles. The SMILES string of the molecule is CCNC(=NCCOCC)NCCC(=O)Nc1cc(Br)ccc1C.I. The van der Waals surface area contributed by atoms with Crippen LogP contribution in [0.25, 0.3) is 0 Å². The molecule has 3 N–H and O–H groups in total. The van der Waals surface area contributed by atoms with Gasteiger partial charge in [-0.1, -0.05) is 22.0 Å². The molecule has 0 aromatic heterocycles. The van der Waals surface area contributed by atoms with Gasteiger partial charge in [0.25, 0.3) is 0 Å². The quantitative estimate of drug-likeness (QED) is 0.200. The summed E-state index contributed by atoms with van der Waals surface area (Å²) in [6, 6.07) is 5.82. The van der Waals surface area contributed by atoms with Crippen LogP contribution in [0.15, 0.2) is 27.7 Å². The van der Waals surface area contributed by atoms with Crippen LogP contribution in [0.2, 0.25) is 0 Å². The molecule has 1 aromatic rings. The number of benzene rings is 1. The third-order valence-electron chi connectivity index (χ3n) is 3.17. The van der Waals surface area contributed by atoms with E-state index >= 15 is 0 Å². The number of carbonyl (C=O) groups excluding carboxylic acids is 1. The Hall–Kier alpha value is -0.870. The summed E-state index contributed by atoms with van der Waals surface area (Å²) in [7, 11) is 0. The molecule has 0 saturated heterocycles. The van der Waals surface area contributed by atoms with Gasteiger partial charge in [-0.2, -0.15) is 0 Å². The van der Waals surface area contributed by atoms with Crippen LogP contribution in [-0.2, 0) is 9.53 Å². The zero-order chi connectivity index (χ0) is 17.8. The monoisotopic (exact) mass is 526 g/mol. The number of guanidine groups is 1. The summed E-state index contributed by atoms with van der Waals surface area (Å²) in [5.74, 6) is 0.664. The molecule has 1 rings (SSSR count). The average molecular weight is 527 g/mol. The van der Waals surface area contributed by atoms with Gasteiger partial charge in [0.15, 0.2) is 5.96 Å². The number of anilines is 1. The highest BCUT2D eigenvalue weighted by atomic mass is 127. The molecule has 1 aromatic carbocycles. The second-order valence-corrected chi connectivity index (χ2v) is 6.06. The van der Waals surface area contributed by atoms with Crippen molar-refractivity contribution in [3.8, 4) is 0 Å². The summed E-state index contributed by atoms with van der Waals surface area (Å²) >= 11 is 3.41. The van der Waals surface area contributed by atoms with Gasteiger partial charge in [0.1, 0.15) is 0 Å². The molecule has 0 heterocycles. The normalized spacial score (nSPS) is 10.8. The Kier molecular flexibility index (Phi) is 13.8. The molecule has 6 nitrogen and oxygen atoms in total. The Balaban J connectivity index is 0.00000576. The first-order valence-electron chi connectivity index (χ1n) is 8.22. The molecule has 0 aliphatic heterocycles. The van der Waals surface area contributed by atoms with E-state index in [1.165, 1.54) is 0 Å². The van der Waals surface area contributed by atoms with E-state index in [-0.39, 0.29) is 29.9 Å². The number of aliphatic imine (C=N–C) groups is 1. The number of rotatable bonds is 9. The van der Waals surface area contributed by atoms with Crippen LogP contribution in [0.5, 0.6) is 0 Å². The summed E-state index contributed by atoms with van der Waals surface area (Å²) in [4.78, 5) is 16.5. The number of carbonyl (C=O) groups is 1. The smallest absolute Gasteiger partial charge is 0.226 e. The van der Waals surface area contributed by atoms with Gasteiger partial charge in [-0.25, -0.2) is 0 Å². The van der Waals surface area contributed by atoms with Crippen molar-refractivity contribution in [3.63, 3.8) is 0 Å². The van der Waals surface area contributed by atoms with Crippen LogP contribution < -0.4 is 16.0 Å². The van der Waals surface area contributed by atoms with Gasteiger partial charge >= 0.3 is 0 Å². The molecule has 0 aliphatic rings. The minimum absolute atomic E-state index is 0. The number of aryl methyl sites for hydroxylation is 1. The van der Waals surface area contributed by atoms with Gasteiger partial charge in [-0.15, -0.1) is 24.0 Å². The van der Waals surface area contributed by atoms with Crippen LogP contribution in [0.4, 0.5) is 5.69 Å². The largest absolute Gasteiger partial charge is 0.380 e. The topological polar surface area (TPSA) is 74.8 Å². The fraction of sp³-hybridized carbons (Fsp3) is 0.529. The van der Waals surface area contributed by atoms with Gasteiger partial charge in [0, 0.05) is 36.3 Å². The number of hydrogen-bond donors (Lipinski definition) is 3. The summed E-state index contributed by atoms with van der Waals surface area (Å²) in [5.41, 5.74) is 1.86. The molecule has 8 heteroatoms. The number of nitrogens with one attached hydrogen (secondary N) is 3. The molecule has 0 fully saturated rings. The van der Waals surface area contributed by atoms with Gasteiger partial charge < -0.3 is 20.7 Å². The van der Waals surface area contributed by atoms with Gasteiger partial charge in [-0.3, -0.25) is 9.79 Å². The molecule has 1 amide bonds. The van der Waals surface area contributed by atoms with E-state index in [1.807, 2.05) is 39.0 Å². The molecular weight excluding hydrogens is 499 g/mol. The highest BCUT2D eigenvalue weighted by Crippen LogP contribution is 2.20. The maximum atomic E-state index is 12.1. The molecule has 0 spiro atoms. The number of halogens is 2. The van der Waals surface area contributed by atoms with Crippen molar-refractivity contribution in [2.45, 2.75) is 27.2 Å². The predicted molar refractivity (Wildman–Crippen MR) is 118 cm³/mol. The number of amides is 1. The maximum absolute atomic E-state index is 12.1. The highest BCUT2D eigenvalue weighted by molar-refractivity contribution is 14.0. The van der Waals surface area contributed by atoms with E-state index in [0.29, 0.717) is 38.7 Å². The first-order chi connectivity index (χ1) is 11.6. The van der Waals surface area contributed by atoms with E-state index in [0.717, 1.165) is 22.3 Å². The van der Waals surface area contributed by atoms with Gasteiger partial charge in [0.2, 0.25) is 5.91 Å². The van der Waals surface area contributed by atoms with Crippen molar-refractivity contribution in [2.24, 2.45) is 4.99 Å². The summed E-state index contributed by atoms with van der Waals surface area (Å²) in [6.45, 7) is 9.08. The van der Waals surface area contributed by atoms with E-state index in [4.69, 9.17) is 4.74 Å². The van der Waals surface area contributed by atoms with Crippen LogP contribution in [0.1, 0.15) is 25.8 Å². The third kappa shape index (κ3) is 10.7. The first-order valence-corrected chi connectivity index (χ1v) is 9.02. The highest BCUT2D eigenvalue weighted by Gasteiger charge is 2.06. The standard InChI is InChI=1S/C17H27BrN4O2.HI/c1-4-19-17(21-10-11-24-5-2)20-9-8-16(23)22-15-12-14(18)7-6-13(15)3;/h6-7,12H,4-5,8-11H2,1-3H3,(H,22,23)(H2,19,20,21);1H. The zero-order valence-electron chi connectivity index (χ0n) is 15.0. The van der Waals surface area contributed by atoms with Crippen molar-refractivity contribution in [1.82, 2.24) is 10.6 Å². The number of ether oxygens (including phenoxy) is 1. The summed E-state index contributed by atoms with van der Waals surface area (Å²) < 4.78 is 6.20. The minimum atomic E-state index is -0.0335. The molecule has 0 bridgehead atoms. The Morgan fingerprint density at radius 2 is 2.04 bits per heavy atom. The Morgan fingerprint density at radius 1 is 1.28 bits per heavy atom. The minimum Gasteiger partial charge on any atom is -0.380 e. The van der Waals surface area contributed by atoms with E-state index in [1.54, 1.807) is 0 Å². The van der Waals surface area contributed by atoms with Crippen LogP contribution in [-0.4, -0.2) is 44.7 Å². The van der Waals surface area contributed by atoms with E-state index in [9.17, 15) is 4.79 Å². The first kappa shape index (κ1) is 24.1. The number of hydrogen-bond acceptors (Lipinski definition) is 3. The molecule has 0 atom stereocenters. The Labute approximate surface area is 175 Å². The average Bonchev–Trinajstić information content (AvgIpc) is 2.55. The lowest BCUT2D eigenvalue weighted by molar-refractivity contribution is -0.116. The van der Waals surface area contributed by atoms with Crippen molar-refractivity contribution in [1.29, 1.82) is 0 Å². The molecule has 142 valence electrons. The van der Waals surface area contributed by atoms with Crippen molar-refractivity contribution in [2.75, 3.05) is 38.2 Å². The fourth-order valence-electron chi connectivity index (χ4n) is 1.94. The Morgan fingerprint density at radius 3 is 2.72 bits per heavy atom. The number of nitrogens with zero attached hydrogens (tertiary/aromatic N) is 1. The third-order valence-corrected chi connectivity index (χ3v) is 3.67. The van der Waals surface area contributed by atoms with Crippen LogP contribution >= 0.6 is 39.9 Å². The van der Waals surface area contributed by atoms with Gasteiger partial charge in [0.05, 0.1) is 13.2 Å².